The van der Waals surface area contributed by atoms with Gasteiger partial charge in [-0.3, -0.25) is 4.79 Å². The van der Waals surface area contributed by atoms with Crippen molar-refractivity contribution in [2.24, 2.45) is 17.8 Å². The molecule has 0 aliphatic rings. The average molecular weight is 302 g/mol. The lowest BCUT2D eigenvalue weighted by Gasteiger charge is -2.25. The van der Waals surface area contributed by atoms with Crippen LogP contribution in [0.15, 0.2) is 18.2 Å². The van der Waals surface area contributed by atoms with Crippen LogP contribution in [-0.2, 0) is 0 Å². The van der Waals surface area contributed by atoms with E-state index in [-0.39, 0.29) is 5.91 Å². The zero-order chi connectivity index (χ0) is 14.6. The Kier molecular flexibility index (Phi) is 6.15. The van der Waals surface area contributed by atoms with Gasteiger partial charge in [-0.1, -0.05) is 50.9 Å². The van der Waals surface area contributed by atoms with Crippen molar-refractivity contribution in [2.75, 3.05) is 6.54 Å². The lowest BCUT2D eigenvalue weighted by Crippen LogP contribution is -2.33. The van der Waals surface area contributed by atoms with Crippen LogP contribution in [0.1, 0.15) is 38.1 Å². The van der Waals surface area contributed by atoms with Crippen LogP contribution >= 0.6 is 23.2 Å². The number of hydrogen-bond donors (Lipinski definition) is 1. The van der Waals surface area contributed by atoms with Gasteiger partial charge in [-0.25, -0.2) is 0 Å². The summed E-state index contributed by atoms with van der Waals surface area (Å²) in [6.07, 6.45) is 0. The third kappa shape index (κ3) is 5.04. The summed E-state index contributed by atoms with van der Waals surface area (Å²) >= 11 is 11.8. The first-order valence-corrected chi connectivity index (χ1v) is 7.31. The summed E-state index contributed by atoms with van der Waals surface area (Å²) in [7, 11) is 0. The van der Waals surface area contributed by atoms with Gasteiger partial charge in [0.2, 0.25) is 0 Å². The van der Waals surface area contributed by atoms with Gasteiger partial charge in [0.05, 0.1) is 0 Å². The monoisotopic (exact) mass is 301 g/mol. The first kappa shape index (κ1) is 16.3. The van der Waals surface area contributed by atoms with Crippen LogP contribution < -0.4 is 5.32 Å². The van der Waals surface area contributed by atoms with E-state index in [0.717, 1.165) is 0 Å². The molecule has 106 valence electrons. The fourth-order valence-corrected chi connectivity index (χ4v) is 2.76. The predicted molar refractivity (Wildman–Crippen MR) is 82.0 cm³/mol. The van der Waals surface area contributed by atoms with Gasteiger partial charge >= 0.3 is 0 Å². The summed E-state index contributed by atoms with van der Waals surface area (Å²) in [6, 6.07) is 4.87. The molecule has 2 nitrogen and oxygen atoms in total. The van der Waals surface area contributed by atoms with E-state index in [1.165, 1.54) is 0 Å². The number of carbonyl (C=O) groups is 1. The fraction of sp³-hybridized carbons (Fsp3) is 0.533. The van der Waals surface area contributed by atoms with E-state index in [1.54, 1.807) is 18.2 Å². The molecule has 4 heteroatoms. The molecule has 0 saturated carbocycles. The Hall–Kier alpha value is -0.730. The molecule has 0 unspecified atom stereocenters. The number of nitrogens with one attached hydrogen (secondary N) is 1. The van der Waals surface area contributed by atoms with Crippen molar-refractivity contribution in [1.82, 2.24) is 5.32 Å². The normalized spacial score (nSPS) is 11.4. The Balaban J connectivity index is 2.69. The van der Waals surface area contributed by atoms with Gasteiger partial charge in [-0.2, -0.15) is 0 Å². The largest absolute Gasteiger partial charge is 0.352 e. The highest BCUT2D eigenvalue weighted by Crippen LogP contribution is 2.21. The zero-order valence-electron chi connectivity index (χ0n) is 11.8. The summed E-state index contributed by atoms with van der Waals surface area (Å²) in [5.41, 5.74) is 0.503. The zero-order valence-corrected chi connectivity index (χ0v) is 13.3. The minimum Gasteiger partial charge on any atom is -0.352 e. The summed E-state index contributed by atoms with van der Waals surface area (Å²) in [6.45, 7) is 9.36. The minimum atomic E-state index is -0.129. The van der Waals surface area contributed by atoms with Crippen molar-refractivity contribution < 1.29 is 4.79 Å². The highest BCUT2D eigenvalue weighted by molar-refractivity contribution is 6.35. The van der Waals surface area contributed by atoms with E-state index in [1.807, 2.05) is 0 Å². The SMILES string of the molecule is CC(C)C(CNC(=O)c1cc(Cl)cc(Cl)c1)C(C)C. The molecule has 0 bridgehead atoms. The second-order valence-electron chi connectivity index (χ2n) is 5.52. The molecule has 1 rings (SSSR count). The van der Waals surface area contributed by atoms with E-state index in [9.17, 15) is 4.79 Å². The molecule has 0 spiro atoms. The summed E-state index contributed by atoms with van der Waals surface area (Å²) in [4.78, 5) is 12.1. The minimum absolute atomic E-state index is 0.129. The number of benzene rings is 1. The van der Waals surface area contributed by atoms with Gasteiger partial charge in [0.15, 0.2) is 0 Å². The highest BCUT2D eigenvalue weighted by Gasteiger charge is 2.18. The third-order valence-electron chi connectivity index (χ3n) is 3.34. The Labute approximate surface area is 125 Å². The molecular weight excluding hydrogens is 281 g/mol. The first-order valence-electron chi connectivity index (χ1n) is 6.55. The standard InChI is InChI=1S/C15H21Cl2NO/c1-9(2)14(10(3)4)8-18-15(19)11-5-12(16)7-13(17)6-11/h5-7,9-10,14H,8H2,1-4H3,(H,18,19). The summed E-state index contributed by atoms with van der Waals surface area (Å²) in [5.74, 6) is 1.39. The molecule has 0 radical (unpaired) electrons. The quantitative estimate of drug-likeness (QED) is 0.842. The average Bonchev–Trinajstić information content (AvgIpc) is 2.26. The lowest BCUT2D eigenvalue weighted by molar-refractivity contribution is 0.0937. The molecule has 0 saturated heterocycles. The van der Waals surface area contributed by atoms with Crippen molar-refractivity contribution >= 4 is 29.1 Å². The molecule has 0 heterocycles. The molecule has 0 aliphatic heterocycles. The van der Waals surface area contributed by atoms with Gasteiger partial charge in [0, 0.05) is 22.2 Å². The lowest BCUT2D eigenvalue weighted by atomic mass is 9.85. The maximum absolute atomic E-state index is 12.1. The molecule has 1 aromatic carbocycles. The topological polar surface area (TPSA) is 29.1 Å². The van der Waals surface area contributed by atoms with Crippen molar-refractivity contribution in [3.05, 3.63) is 33.8 Å². The van der Waals surface area contributed by atoms with Crippen LogP contribution in [0.3, 0.4) is 0 Å². The van der Waals surface area contributed by atoms with Crippen LogP contribution in [0.2, 0.25) is 10.0 Å². The molecule has 0 aliphatic carbocycles. The van der Waals surface area contributed by atoms with Crippen molar-refractivity contribution in [1.29, 1.82) is 0 Å². The number of halogens is 2. The fourth-order valence-electron chi connectivity index (χ4n) is 2.24. The maximum Gasteiger partial charge on any atom is 0.251 e. The molecule has 0 atom stereocenters. The van der Waals surface area contributed by atoms with E-state index in [2.05, 4.69) is 33.0 Å². The van der Waals surface area contributed by atoms with Crippen LogP contribution in [0.5, 0.6) is 0 Å². The van der Waals surface area contributed by atoms with Crippen LogP contribution in [0.25, 0.3) is 0 Å². The number of rotatable bonds is 5. The molecule has 1 amide bonds. The predicted octanol–water partition coefficient (Wildman–Crippen LogP) is 4.65. The Morgan fingerprint density at radius 2 is 1.53 bits per heavy atom. The van der Waals surface area contributed by atoms with Crippen LogP contribution in [-0.4, -0.2) is 12.5 Å². The third-order valence-corrected chi connectivity index (χ3v) is 3.77. The van der Waals surface area contributed by atoms with Crippen LogP contribution in [0, 0.1) is 17.8 Å². The van der Waals surface area contributed by atoms with Gasteiger partial charge < -0.3 is 5.32 Å². The molecule has 19 heavy (non-hydrogen) atoms. The molecular formula is C15H21Cl2NO. The Morgan fingerprint density at radius 3 is 1.95 bits per heavy atom. The van der Waals surface area contributed by atoms with Crippen molar-refractivity contribution in [3.63, 3.8) is 0 Å². The van der Waals surface area contributed by atoms with E-state index >= 15 is 0 Å². The highest BCUT2D eigenvalue weighted by atomic mass is 35.5. The van der Waals surface area contributed by atoms with E-state index < -0.39 is 0 Å². The smallest absolute Gasteiger partial charge is 0.251 e. The molecule has 1 aromatic rings. The van der Waals surface area contributed by atoms with E-state index in [4.69, 9.17) is 23.2 Å². The Morgan fingerprint density at radius 1 is 1.05 bits per heavy atom. The second-order valence-corrected chi connectivity index (χ2v) is 6.39. The number of carbonyl (C=O) groups excluding carboxylic acids is 1. The number of hydrogen-bond acceptors (Lipinski definition) is 1. The molecule has 0 fully saturated rings. The van der Waals surface area contributed by atoms with E-state index in [0.29, 0.717) is 39.9 Å². The maximum atomic E-state index is 12.1. The van der Waals surface area contributed by atoms with Crippen molar-refractivity contribution in [2.45, 2.75) is 27.7 Å². The first-order chi connectivity index (χ1) is 8.81. The second kappa shape index (κ2) is 7.16. The van der Waals surface area contributed by atoms with Crippen LogP contribution in [0.4, 0.5) is 0 Å². The molecule has 0 aromatic heterocycles. The Bertz CT molecular complexity index is 416. The molecule has 1 N–H and O–H groups in total. The van der Waals surface area contributed by atoms with Crippen molar-refractivity contribution in [3.8, 4) is 0 Å². The van der Waals surface area contributed by atoms with Gasteiger partial charge in [-0.05, 0) is 36.0 Å². The summed E-state index contributed by atoms with van der Waals surface area (Å²) < 4.78 is 0. The van der Waals surface area contributed by atoms with Gasteiger partial charge in [-0.15, -0.1) is 0 Å². The number of amides is 1. The van der Waals surface area contributed by atoms with Gasteiger partial charge in [0.1, 0.15) is 0 Å². The van der Waals surface area contributed by atoms with Gasteiger partial charge in [0.25, 0.3) is 5.91 Å². The summed E-state index contributed by atoms with van der Waals surface area (Å²) in [5, 5.41) is 3.91.